The molecule has 0 bridgehead atoms. The summed E-state index contributed by atoms with van der Waals surface area (Å²) in [7, 11) is 0. The Morgan fingerprint density at radius 3 is 2.00 bits per heavy atom. The fourth-order valence-corrected chi connectivity index (χ4v) is 0. The van der Waals surface area contributed by atoms with Crippen LogP contribution in [0.4, 0.5) is 4.79 Å². The third-order valence-electron chi connectivity index (χ3n) is 0.0879. The summed E-state index contributed by atoms with van der Waals surface area (Å²) in [5.74, 6) is 0. The van der Waals surface area contributed by atoms with Crippen LogP contribution in [0.5, 0.6) is 0 Å². The molecule has 0 aliphatic heterocycles. The van der Waals surface area contributed by atoms with Crippen LogP contribution in [0.1, 0.15) is 0 Å². The smallest absolute Gasteiger partial charge is 0.288 e. The van der Waals surface area contributed by atoms with E-state index in [0.29, 0.717) is 0 Å². The second-order valence-corrected chi connectivity index (χ2v) is 1.37. The Labute approximate surface area is 59.1 Å². The number of rotatable bonds is 0. The van der Waals surface area contributed by atoms with E-state index in [2.05, 4.69) is 0 Å². The van der Waals surface area contributed by atoms with Gasteiger partial charge in [0.05, 0.1) is 0 Å². The third-order valence-corrected chi connectivity index (χ3v) is 0.329. The molecule has 2 N–H and O–H groups in total. The van der Waals surface area contributed by atoms with Gasteiger partial charge in [-0.15, -0.1) is 0 Å². The number of amides is 1. The zero-order valence-corrected chi connectivity index (χ0v) is 5.85. The summed E-state index contributed by atoms with van der Waals surface area (Å²) in [6.07, 6.45) is 0. The molecule has 6 heavy (non-hydrogen) atoms. The van der Waals surface area contributed by atoms with Crippen LogP contribution in [0.3, 0.4) is 0 Å². The minimum Gasteiger partial charge on any atom is -0.288 e. The molecule has 38 valence electrons. The number of hydrogen-bond acceptors (Lipinski definition) is 2. The molecule has 0 saturated carbocycles. The molecule has 0 spiro atoms. The molecule has 0 aliphatic carbocycles. The minimum atomic E-state index is -0.470. The maximum absolute atomic E-state index is 9.44. The van der Waals surface area contributed by atoms with Gasteiger partial charge in [0.15, 0.2) is 0 Å². The molecule has 0 aromatic rings. The van der Waals surface area contributed by atoms with Gasteiger partial charge in [-0.2, -0.15) is 0 Å². The SMILES string of the molecule is O=C(I)NO.[Fe]. The summed E-state index contributed by atoms with van der Waals surface area (Å²) in [6, 6.07) is 0. The van der Waals surface area contributed by atoms with E-state index in [0.717, 1.165) is 0 Å². The predicted molar refractivity (Wildman–Crippen MR) is 24.3 cm³/mol. The first kappa shape index (κ1) is 9.84. The van der Waals surface area contributed by atoms with Crippen molar-refractivity contribution in [2.45, 2.75) is 0 Å². The summed E-state index contributed by atoms with van der Waals surface area (Å²) in [5.41, 5.74) is 1.38. The number of hydrogen-bond donors (Lipinski definition) is 2. The van der Waals surface area contributed by atoms with E-state index in [1.807, 2.05) is 0 Å². The van der Waals surface area contributed by atoms with Gasteiger partial charge in [0.1, 0.15) is 0 Å². The average Bonchev–Trinajstić information content (AvgIpc) is 1.38. The standard InChI is InChI=1S/CH2INO2.Fe/c2-1(4)3-5;/h5H,(H,3,4);. The van der Waals surface area contributed by atoms with E-state index in [-0.39, 0.29) is 17.1 Å². The molecule has 0 rings (SSSR count). The monoisotopic (exact) mass is 243 g/mol. The van der Waals surface area contributed by atoms with Gasteiger partial charge in [-0.25, -0.2) is 5.48 Å². The van der Waals surface area contributed by atoms with Crippen LogP contribution in [0.25, 0.3) is 0 Å². The molecule has 0 aliphatic rings. The van der Waals surface area contributed by atoms with Crippen LogP contribution >= 0.6 is 22.6 Å². The van der Waals surface area contributed by atoms with Gasteiger partial charge in [0.2, 0.25) is 0 Å². The van der Waals surface area contributed by atoms with Crippen LogP contribution in [0.15, 0.2) is 0 Å². The molecule has 0 aromatic carbocycles. The van der Waals surface area contributed by atoms with Gasteiger partial charge in [0.25, 0.3) is 0 Å². The van der Waals surface area contributed by atoms with Crippen molar-refractivity contribution < 1.29 is 27.1 Å². The summed E-state index contributed by atoms with van der Waals surface area (Å²) >= 11 is 1.41. The van der Waals surface area contributed by atoms with E-state index in [1.165, 1.54) is 28.1 Å². The number of hydroxylamine groups is 1. The van der Waals surface area contributed by atoms with Crippen molar-refractivity contribution in [2.24, 2.45) is 0 Å². The molecule has 0 unspecified atom stereocenters. The predicted octanol–water partition coefficient (Wildman–Crippen LogP) is 0.518. The molecule has 1 amide bonds. The molecule has 0 radical (unpaired) electrons. The van der Waals surface area contributed by atoms with Crippen molar-refractivity contribution in [2.75, 3.05) is 0 Å². The maximum atomic E-state index is 9.44. The molecule has 0 fully saturated rings. The second kappa shape index (κ2) is 5.68. The number of carbonyl (C=O) groups excluding carboxylic acids is 1. The first-order valence-electron chi connectivity index (χ1n) is 0.867. The summed E-state index contributed by atoms with van der Waals surface area (Å²) in [6.45, 7) is 0. The molecule has 0 aromatic heterocycles. The van der Waals surface area contributed by atoms with Crippen molar-refractivity contribution >= 4 is 26.5 Å². The van der Waals surface area contributed by atoms with Crippen molar-refractivity contribution in [1.82, 2.24) is 5.48 Å². The maximum Gasteiger partial charge on any atom is 0.303 e. The van der Waals surface area contributed by atoms with Gasteiger partial charge in [-0.3, -0.25) is 10.0 Å². The summed E-state index contributed by atoms with van der Waals surface area (Å²) in [5, 5.41) is 7.54. The van der Waals surface area contributed by atoms with Crippen molar-refractivity contribution in [3.63, 3.8) is 0 Å². The molecule has 0 atom stereocenters. The van der Waals surface area contributed by atoms with Gasteiger partial charge in [-0.05, 0) is 0 Å². The molecular formula is CH2FeINO2. The fraction of sp³-hybridized carbons (Fsp3) is 0. The molecule has 3 nitrogen and oxygen atoms in total. The number of halogens is 1. The number of nitrogens with one attached hydrogen (secondary N) is 1. The van der Waals surface area contributed by atoms with Crippen molar-refractivity contribution in [3.8, 4) is 0 Å². The van der Waals surface area contributed by atoms with Crippen LogP contribution in [0.2, 0.25) is 0 Å². The van der Waals surface area contributed by atoms with Crippen LogP contribution < -0.4 is 5.48 Å². The largest absolute Gasteiger partial charge is 0.303 e. The van der Waals surface area contributed by atoms with E-state index < -0.39 is 3.91 Å². The Kier molecular flexibility index (Phi) is 9.31. The summed E-state index contributed by atoms with van der Waals surface area (Å²) < 4.78 is -0.470. The normalized spacial score (nSPS) is 5.67. The molecule has 0 saturated heterocycles. The Morgan fingerprint density at radius 1 is 1.83 bits per heavy atom. The van der Waals surface area contributed by atoms with Crippen LogP contribution in [-0.4, -0.2) is 9.12 Å². The van der Waals surface area contributed by atoms with E-state index >= 15 is 0 Å². The Balaban J connectivity index is 0. The van der Waals surface area contributed by atoms with Crippen LogP contribution in [-0.2, 0) is 17.1 Å². The molecular weight excluding hydrogens is 241 g/mol. The minimum absolute atomic E-state index is 0. The first-order valence-corrected chi connectivity index (χ1v) is 1.95. The zero-order chi connectivity index (χ0) is 4.28. The Bertz CT molecular complexity index is 48.8. The zero-order valence-electron chi connectivity index (χ0n) is 2.59. The third kappa shape index (κ3) is 8.82. The summed E-state index contributed by atoms with van der Waals surface area (Å²) in [4.78, 5) is 9.44. The Morgan fingerprint density at radius 2 is 2.00 bits per heavy atom. The Hall–Kier alpha value is 0.679. The average molecular weight is 243 g/mol. The molecule has 5 heteroatoms. The van der Waals surface area contributed by atoms with E-state index in [1.54, 1.807) is 0 Å². The van der Waals surface area contributed by atoms with Gasteiger partial charge < -0.3 is 0 Å². The number of carbonyl (C=O) groups is 1. The molecule has 0 heterocycles. The van der Waals surface area contributed by atoms with Crippen molar-refractivity contribution in [3.05, 3.63) is 0 Å². The quantitative estimate of drug-likeness (QED) is 0.163. The van der Waals surface area contributed by atoms with E-state index in [9.17, 15) is 4.79 Å². The van der Waals surface area contributed by atoms with Gasteiger partial charge >= 0.3 is 3.91 Å². The van der Waals surface area contributed by atoms with Crippen molar-refractivity contribution in [1.29, 1.82) is 0 Å². The van der Waals surface area contributed by atoms with Crippen LogP contribution in [0, 0.1) is 0 Å². The topological polar surface area (TPSA) is 49.3 Å². The van der Waals surface area contributed by atoms with Gasteiger partial charge in [0, 0.05) is 39.7 Å². The first-order chi connectivity index (χ1) is 2.27. The van der Waals surface area contributed by atoms with Gasteiger partial charge in [-0.1, -0.05) is 0 Å². The fourth-order valence-electron chi connectivity index (χ4n) is 0. The van der Waals surface area contributed by atoms with E-state index in [4.69, 9.17) is 5.21 Å². The second-order valence-electron chi connectivity index (χ2n) is 0.386.